The van der Waals surface area contributed by atoms with E-state index in [2.05, 4.69) is 46.6 Å². The number of benzene rings is 2. The van der Waals surface area contributed by atoms with Crippen LogP contribution in [-0.2, 0) is 0 Å². The highest BCUT2D eigenvalue weighted by Gasteiger charge is 2.12. The Hall–Kier alpha value is -3.58. The number of anilines is 1. The SMILES string of the molecule is CCC(C)c1ccc2oc(-c3ccc(NC(=S)NC(=O)c4cccnc4)cc3)nc2c1. The highest BCUT2D eigenvalue weighted by Crippen LogP contribution is 2.28. The maximum absolute atomic E-state index is 12.2. The summed E-state index contributed by atoms with van der Waals surface area (Å²) < 4.78 is 5.92. The number of hydrogen-bond donors (Lipinski definition) is 2. The van der Waals surface area contributed by atoms with E-state index in [4.69, 9.17) is 16.6 Å². The molecule has 0 aliphatic heterocycles. The molecule has 7 heteroatoms. The molecule has 1 unspecified atom stereocenters. The normalized spacial score (nSPS) is 11.8. The number of thiocarbonyl (C=S) groups is 1. The van der Waals surface area contributed by atoms with Gasteiger partial charge in [0.2, 0.25) is 5.89 Å². The van der Waals surface area contributed by atoms with Crippen LogP contribution in [0.4, 0.5) is 5.69 Å². The van der Waals surface area contributed by atoms with Gasteiger partial charge in [0, 0.05) is 23.6 Å². The van der Waals surface area contributed by atoms with E-state index in [1.807, 2.05) is 30.3 Å². The van der Waals surface area contributed by atoms with E-state index in [9.17, 15) is 4.79 Å². The quantitative estimate of drug-likeness (QED) is 0.405. The van der Waals surface area contributed by atoms with Crippen molar-refractivity contribution in [2.45, 2.75) is 26.2 Å². The molecule has 1 amide bonds. The Bertz CT molecular complexity index is 1220. The summed E-state index contributed by atoms with van der Waals surface area (Å²) in [6.07, 6.45) is 4.17. The van der Waals surface area contributed by atoms with Crippen LogP contribution in [0.3, 0.4) is 0 Å². The van der Waals surface area contributed by atoms with Gasteiger partial charge in [0.25, 0.3) is 5.91 Å². The smallest absolute Gasteiger partial charge is 0.258 e. The van der Waals surface area contributed by atoms with Gasteiger partial charge in [-0.15, -0.1) is 0 Å². The number of nitrogens with one attached hydrogen (secondary N) is 2. The number of aromatic nitrogens is 2. The lowest BCUT2D eigenvalue weighted by atomic mass is 9.98. The summed E-state index contributed by atoms with van der Waals surface area (Å²) in [4.78, 5) is 20.7. The fourth-order valence-electron chi connectivity index (χ4n) is 3.14. The van der Waals surface area contributed by atoms with Crippen LogP contribution in [0.5, 0.6) is 0 Å². The van der Waals surface area contributed by atoms with Gasteiger partial charge in [-0.1, -0.05) is 19.9 Å². The maximum Gasteiger partial charge on any atom is 0.258 e. The van der Waals surface area contributed by atoms with Crippen LogP contribution in [0.15, 0.2) is 71.4 Å². The monoisotopic (exact) mass is 430 g/mol. The highest BCUT2D eigenvalue weighted by atomic mass is 32.1. The molecule has 31 heavy (non-hydrogen) atoms. The van der Waals surface area contributed by atoms with Crippen LogP contribution in [0.25, 0.3) is 22.6 Å². The second kappa shape index (κ2) is 9.06. The molecule has 0 saturated heterocycles. The topological polar surface area (TPSA) is 80.0 Å². The molecular formula is C24H22N4O2S. The summed E-state index contributed by atoms with van der Waals surface area (Å²) in [6.45, 7) is 4.38. The van der Waals surface area contributed by atoms with Gasteiger partial charge < -0.3 is 9.73 Å². The first-order chi connectivity index (χ1) is 15.0. The van der Waals surface area contributed by atoms with Crippen LogP contribution >= 0.6 is 12.2 Å². The molecule has 0 bridgehead atoms. The predicted molar refractivity (Wildman–Crippen MR) is 126 cm³/mol. The minimum absolute atomic E-state index is 0.209. The Labute approximate surface area is 185 Å². The zero-order valence-corrected chi connectivity index (χ0v) is 18.1. The molecule has 156 valence electrons. The molecule has 2 aromatic carbocycles. The van der Waals surface area contributed by atoms with Crippen molar-refractivity contribution < 1.29 is 9.21 Å². The van der Waals surface area contributed by atoms with E-state index in [0.717, 1.165) is 28.8 Å². The molecule has 4 aromatic rings. The van der Waals surface area contributed by atoms with Crippen molar-refractivity contribution >= 4 is 40.0 Å². The van der Waals surface area contributed by atoms with Crippen LogP contribution < -0.4 is 10.6 Å². The van der Waals surface area contributed by atoms with Gasteiger partial charge in [-0.3, -0.25) is 15.1 Å². The third-order valence-electron chi connectivity index (χ3n) is 5.13. The number of nitrogens with zero attached hydrogens (tertiary/aromatic N) is 2. The molecule has 0 fully saturated rings. The van der Waals surface area contributed by atoms with Crippen molar-refractivity contribution in [3.63, 3.8) is 0 Å². The van der Waals surface area contributed by atoms with Gasteiger partial charge >= 0.3 is 0 Å². The first kappa shape index (κ1) is 20.7. The Morgan fingerprint density at radius 2 is 1.97 bits per heavy atom. The van der Waals surface area contributed by atoms with Crippen LogP contribution in [-0.4, -0.2) is 21.0 Å². The van der Waals surface area contributed by atoms with Crippen LogP contribution in [0, 0.1) is 0 Å². The summed E-state index contributed by atoms with van der Waals surface area (Å²) in [6, 6.07) is 17.0. The fourth-order valence-corrected chi connectivity index (χ4v) is 3.35. The summed E-state index contributed by atoms with van der Waals surface area (Å²) in [5.74, 6) is 0.734. The lowest BCUT2D eigenvalue weighted by molar-refractivity contribution is 0.0977. The van der Waals surface area contributed by atoms with Crippen molar-refractivity contribution in [1.29, 1.82) is 0 Å². The van der Waals surface area contributed by atoms with Crippen molar-refractivity contribution in [2.75, 3.05) is 5.32 Å². The molecule has 0 aliphatic rings. The summed E-state index contributed by atoms with van der Waals surface area (Å²) in [5, 5.41) is 5.85. The number of pyridine rings is 1. The molecule has 0 saturated carbocycles. The number of rotatable bonds is 5. The molecule has 0 aliphatic carbocycles. The molecule has 2 aromatic heterocycles. The van der Waals surface area contributed by atoms with E-state index in [1.165, 1.54) is 11.8 Å². The molecule has 1 atom stereocenters. The number of amides is 1. The van der Waals surface area contributed by atoms with E-state index in [1.54, 1.807) is 18.3 Å². The van der Waals surface area contributed by atoms with Crippen molar-refractivity contribution in [3.8, 4) is 11.5 Å². The van der Waals surface area contributed by atoms with Gasteiger partial charge in [0.15, 0.2) is 10.7 Å². The largest absolute Gasteiger partial charge is 0.436 e. The zero-order valence-electron chi connectivity index (χ0n) is 17.3. The highest BCUT2D eigenvalue weighted by molar-refractivity contribution is 7.80. The molecule has 2 N–H and O–H groups in total. The third-order valence-corrected chi connectivity index (χ3v) is 5.34. The van der Waals surface area contributed by atoms with Crippen molar-refractivity contribution in [3.05, 3.63) is 78.1 Å². The maximum atomic E-state index is 12.2. The summed E-state index contributed by atoms with van der Waals surface area (Å²) in [5.41, 5.74) is 4.93. The average molecular weight is 431 g/mol. The standard InChI is InChI=1S/C24H22N4O2S/c1-3-15(2)17-8-11-21-20(13-17)27-23(30-21)16-6-9-19(10-7-16)26-24(31)28-22(29)18-5-4-12-25-14-18/h4-15H,3H2,1-2H3,(H2,26,28,29,31). The van der Waals surface area contributed by atoms with Crippen molar-refractivity contribution in [2.24, 2.45) is 0 Å². The van der Waals surface area contributed by atoms with Gasteiger partial charge in [0.1, 0.15) is 5.52 Å². The summed E-state index contributed by atoms with van der Waals surface area (Å²) in [7, 11) is 0. The molecule has 0 radical (unpaired) electrons. The predicted octanol–water partition coefficient (Wildman–Crippen LogP) is 5.53. The first-order valence-electron chi connectivity index (χ1n) is 10.1. The lowest BCUT2D eigenvalue weighted by Crippen LogP contribution is -2.34. The Kier molecular flexibility index (Phi) is 6.04. The minimum Gasteiger partial charge on any atom is -0.436 e. The number of fused-ring (bicyclic) bond motifs is 1. The van der Waals surface area contributed by atoms with Gasteiger partial charge in [-0.05, 0) is 78.7 Å². The number of carbonyl (C=O) groups is 1. The van der Waals surface area contributed by atoms with E-state index >= 15 is 0 Å². The second-order valence-corrected chi connectivity index (χ2v) is 7.69. The van der Waals surface area contributed by atoms with Crippen molar-refractivity contribution in [1.82, 2.24) is 15.3 Å². The zero-order chi connectivity index (χ0) is 21.8. The lowest BCUT2D eigenvalue weighted by Gasteiger charge is -2.09. The van der Waals surface area contributed by atoms with Crippen LogP contribution in [0.2, 0.25) is 0 Å². The second-order valence-electron chi connectivity index (χ2n) is 7.28. The number of oxazole rings is 1. The van der Waals surface area contributed by atoms with E-state index in [0.29, 0.717) is 17.4 Å². The third kappa shape index (κ3) is 4.78. The van der Waals surface area contributed by atoms with Crippen LogP contribution in [0.1, 0.15) is 42.1 Å². The van der Waals surface area contributed by atoms with E-state index in [-0.39, 0.29) is 11.0 Å². The molecule has 2 heterocycles. The Morgan fingerprint density at radius 1 is 1.16 bits per heavy atom. The summed E-state index contributed by atoms with van der Waals surface area (Å²) >= 11 is 5.23. The van der Waals surface area contributed by atoms with Gasteiger partial charge in [-0.2, -0.15) is 0 Å². The average Bonchev–Trinajstić information content (AvgIpc) is 3.23. The number of carbonyl (C=O) groups excluding carboxylic acids is 1. The Balaban J connectivity index is 1.44. The van der Waals surface area contributed by atoms with E-state index < -0.39 is 0 Å². The fraction of sp³-hybridized carbons (Fsp3) is 0.167. The molecule has 6 nitrogen and oxygen atoms in total. The first-order valence-corrected chi connectivity index (χ1v) is 10.5. The van der Waals surface area contributed by atoms with Gasteiger partial charge in [0.05, 0.1) is 5.56 Å². The number of hydrogen-bond acceptors (Lipinski definition) is 5. The Morgan fingerprint density at radius 3 is 2.68 bits per heavy atom. The van der Waals surface area contributed by atoms with Gasteiger partial charge in [-0.25, -0.2) is 4.98 Å². The molecular weight excluding hydrogens is 408 g/mol. The minimum atomic E-state index is -0.314. The molecule has 4 rings (SSSR count). The molecule has 0 spiro atoms.